The van der Waals surface area contributed by atoms with Gasteiger partial charge in [-0.1, -0.05) is 12.1 Å². The molecule has 2 fully saturated rings. The Bertz CT molecular complexity index is 689. The molecule has 0 spiro atoms. The van der Waals surface area contributed by atoms with E-state index in [2.05, 4.69) is 5.32 Å². The van der Waals surface area contributed by atoms with Crippen molar-refractivity contribution in [1.29, 1.82) is 0 Å². The van der Waals surface area contributed by atoms with Crippen LogP contribution in [0.5, 0.6) is 0 Å². The summed E-state index contributed by atoms with van der Waals surface area (Å²) in [5.41, 5.74) is 1.90. The number of nitrogens with one attached hydrogen (secondary N) is 1. The normalized spacial score (nSPS) is 20.3. The summed E-state index contributed by atoms with van der Waals surface area (Å²) in [5.74, 6) is 0.0499. The first-order valence-electron chi connectivity index (χ1n) is 9.52. The van der Waals surface area contributed by atoms with Crippen molar-refractivity contribution in [1.82, 2.24) is 10.2 Å². The van der Waals surface area contributed by atoms with Gasteiger partial charge in [-0.3, -0.25) is 14.4 Å². The Morgan fingerprint density at radius 1 is 1.19 bits per heavy atom. The quantitative estimate of drug-likeness (QED) is 0.782. The molecule has 1 N–H and O–H groups in total. The fourth-order valence-electron chi connectivity index (χ4n) is 3.59. The lowest BCUT2D eigenvalue weighted by Gasteiger charge is -2.31. The third-order valence-corrected chi connectivity index (χ3v) is 5.22. The van der Waals surface area contributed by atoms with Crippen LogP contribution in [0.15, 0.2) is 24.3 Å². The molecule has 3 rings (SSSR count). The van der Waals surface area contributed by atoms with E-state index in [1.54, 1.807) is 16.9 Å². The van der Waals surface area contributed by atoms with E-state index in [0.717, 1.165) is 24.2 Å². The average Bonchev–Trinajstić information content (AvgIpc) is 3.11. The van der Waals surface area contributed by atoms with E-state index in [9.17, 15) is 14.4 Å². The molecule has 1 atom stereocenters. The van der Waals surface area contributed by atoms with Gasteiger partial charge in [0.15, 0.2) is 0 Å². The molecule has 7 heteroatoms. The predicted molar refractivity (Wildman–Crippen MR) is 101 cm³/mol. The largest absolute Gasteiger partial charge is 0.383 e. The number of carbonyl (C=O) groups is 3. The van der Waals surface area contributed by atoms with E-state index >= 15 is 0 Å². The summed E-state index contributed by atoms with van der Waals surface area (Å²) in [6.45, 7) is 2.66. The zero-order valence-corrected chi connectivity index (χ0v) is 15.8. The maximum absolute atomic E-state index is 12.5. The molecule has 1 aromatic carbocycles. The zero-order valence-electron chi connectivity index (χ0n) is 15.8. The summed E-state index contributed by atoms with van der Waals surface area (Å²) in [7, 11) is 1.60. The highest BCUT2D eigenvalue weighted by Gasteiger charge is 2.29. The molecule has 7 nitrogen and oxygen atoms in total. The lowest BCUT2D eigenvalue weighted by molar-refractivity contribution is -0.139. The molecule has 2 aliphatic heterocycles. The van der Waals surface area contributed by atoms with E-state index < -0.39 is 0 Å². The number of hydrogen-bond donors (Lipinski definition) is 1. The van der Waals surface area contributed by atoms with Gasteiger partial charge in [-0.05, 0) is 30.5 Å². The van der Waals surface area contributed by atoms with Crippen LogP contribution >= 0.6 is 0 Å². The monoisotopic (exact) mass is 373 g/mol. The topological polar surface area (TPSA) is 79.0 Å². The van der Waals surface area contributed by atoms with Crippen LogP contribution in [-0.4, -0.2) is 56.0 Å². The predicted octanol–water partition coefficient (Wildman–Crippen LogP) is 1.31. The van der Waals surface area contributed by atoms with Crippen LogP contribution in [0.25, 0.3) is 0 Å². The number of hydrogen-bond acceptors (Lipinski definition) is 4. The van der Waals surface area contributed by atoms with Crippen molar-refractivity contribution < 1.29 is 19.1 Å². The van der Waals surface area contributed by atoms with Crippen molar-refractivity contribution in [2.45, 2.75) is 32.2 Å². The number of anilines is 1. The Kier molecular flexibility index (Phi) is 6.45. The summed E-state index contributed by atoms with van der Waals surface area (Å²) in [6.07, 6.45) is 2.51. The Morgan fingerprint density at radius 2 is 1.96 bits per heavy atom. The number of ether oxygens (including phenoxy) is 1. The van der Waals surface area contributed by atoms with Crippen LogP contribution < -0.4 is 10.2 Å². The maximum atomic E-state index is 12.5. The van der Waals surface area contributed by atoms with E-state index in [4.69, 9.17) is 4.74 Å². The van der Waals surface area contributed by atoms with Gasteiger partial charge in [-0.2, -0.15) is 0 Å². The minimum Gasteiger partial charge on any atom is -0.383 e. The SMILES string of the molecule is COCCN1C[C@H](C(=O)NCc2ccc(N3CCCC3=O)cc2)CCC1=O. The standard InChI is InChI=1S/C20H27N3O4/c1-27-12-11-22-14-16(6-9-18(22)24)20(26)21-13-15-4-7-17(8-5-15)23-10-2-3-19(23)25/h4-5,7-8,16H,2-3,6,9-14H2,1H3,(H,21,26)/t16-/m1/s1. The van der Waals surface area contributed by atoms with E-state index in [1.807, 2.05) is 24.3 Å². The van der Waals surface area contributed by atoms with Gasteiger partial charge in [0, 0.05) is 51.8 Å². The molecule has 2 aliphatic rings. The van der Waals surface area contributed by atoms with Gasteiger partial charge in [-0.15, -0.1) is 0 Å². The van der Waals surface area contributed by atoms with Crippen LogP contribution in [-0.2, 0) is 25.7 Å². The van der Waals surface area contributed by atoms with Crippen molar-refractivity contribution in [3.63, 3.8) is 0 Å². The molecule has 0 saturated carbocycles. The highest BCUT2D eigenvalue weighted by molar-refractivity contribution is 5.95. The highest BCUT2D eigenvalue weighted by Crippen LogP contribution is 2.22. The first-order valence-corrected chi connectivity index (χ1v) is 9.52. The Morgan fingerprint density at radius 3 is 2.63 bits per heavy atom. The van der Waals surface area contributed by atoms with Crippen LogP contribution in [0, 0.1) is 5.92 Å². The van der Waals surface area contributed by atoms with E-state index in [1.165, 1.54) is 0 Å². The van der Waals surface area contributed by atoms with Gasteiger partial charge in [-0.25, -0.2) is 0 Å². The lowest BCUT2D eigenvalue weighted by atomic mass is 9.96. The summed E-state index contributed by atoms with van der Waals surface area (Å²) < 4.78 is 5.03. The molecule has 27 heavy (non-hydrogen) atoms. The minimum absolute atomic E-state index is 0.0243. The molecular weight excluding hydrogens is 346 g/mol. The Balaban J connectivity index is 1.50. The number of methoxy groups -OCH3 is 1. The number of nitrogens with zero attached hydrogens (tertiary/aromatic N) is 2. The third kappa shape index (κ3) is 4.86. The van der Waals surface area contributed by atoms with Gasteiger partial charge < -0.3 is 19.9 Å². The van der Waals surface area contributed by atoms with Gasteiger partial charge >= 0.3 is 0 Å². The van der Waals surface area contributed by atoms with Gasteiger partial charge in [0.25, 0.3) is 0 Å². The molecule has 2 saturated heterocycles. The van der Waals surface area contributed by atoms with Crippen LogP contribution in [0.1, 0.15) is 31.2 Å². The third-order valence-electron chi connectivity index (χ3n) is 5.22. The van der Waals surface area contributed by atoms with Crippen molar-refractivity contribution in [3.05, 3.63) is 29.8 Å². The first kappa shape index (κ1) is 19.4. The van der Waals surface area contributed by atoms with Crippen LogP contribution in [0.3, 0.4) is 0 Å². The molecule has 0 aromatic heterocycles. The Hall–Kier alpha value is -2.41. The number of carbonyl (C=O) groups excluding carboxylic acids is 3. The number of likely N-dealkylation sites (tertiary alicyclic amines) is 1. The fraction of sp³-hybridized carbons (Fsp3) is 0.550. The molecule has 3 amide bonds. The molecule has 0 radical (unpaired) electrons. The fourth-order valence-corrected chi connectivity index (χ4v) is 3.59. The summed E-state index contributed by atoms with van der Waals surface area (Å²) in [5, 5.41) is 2.97. The van der Waals surface area contributed by atoms with Crippen LogP contribution in [0.2, 0.25) is 0 Å². The molecule has 0 bridgehead atoms. The summed E-state index contributed by atoms with van der Waals surface area (Å²) >= 11 is 0. The minimum atomic E-state index is -0.180. The molecule has 2 heterocycles. The molecule has 146 valence electrons. The van der Waals surface area contributed by atoms with Crippen molar-refractivity contribution in [3.8, 4) is 0 Å². The number of piperidine rings is 1. The van der Waals surface area contributed by atoms with E-state index in [0.29, 0.717) is 45.5 Å². The maximum Gasteiger partial charge on any atom is 0.227 e. The smallest absolute Gasteiger partial charge is 0.227 e. The van der Waals surface area contributed by atoms with E-state index in [-0.39, 0.29) is 23.6 Å². The zero-order chi connectivity index (χ0) is 19.2. The van der Waals surface area contributed by atoms with Crippen molar-refractivity contribution in [2.75, 3.05) is 38.3 Å². The Labute approximate surface area is 159 Å². The average molecular weight is 373 g/mol. The van der Waals surface area contributed by atoms with Gasteiger partial charge in [0.1, 0.15) is 0 Å². The number of benzene rings is 1. The molecular formula is C20H27N3O4. The second kappa shape index (κ2) is 8.99. The lowest BCUT2D eigenvalue weighted by Crippen LogP contribution is -2.46. The first-order chi connectivity index (χ1) is 13.1. The molecule has 0 unspecified atom stereocenters. The molecule has 1 aromatic rings. The number of rotatable bonds is 7. The second-order valence-electron chi connectivity index (χ2n) is 7.10. The molecule has 0 aliphatic carbocycles. The van der Waals surface area contributed by atoms with Crippen molar-refractivity contribution in [2.24, 2.45) is 5.92 Å². The van der Waals surface area contributed by atoms with Gasteiger partial charge in [0.2, 0.25) is 17.7 Å². The van der Waals surface area contributed by atoms with Crippen LogP contribution in [0.4, 0.5) is 5.69 Å². The van der Waals surface area contributed by atoms with Crippen molar-refractivity contribution >= 4 is 23.4 Å². The summed E-state index contributed by atoms with van der Waals surface area (Å²) in [4.78, 5) is 39.7. The number of amides is 3. The second-order valence-corrected chi connectivity index (χ2v) is 7.10. The summed E-state index contributed by atoms with van der Waals surface area (Å²) in [6, 6.07) is 7.74. The van der Waals surface area contributed by atoms with Gasteiger partial charge in [0.05, 0.1) is 12.5 Å². The highest BCUT2D eigenvalue weighted by atomic mass is 16.5.